The van der Waals surface area contributed by atoms with Crippen LogP contribution in [0.1, 0.15) is 13.8 Å². The SMILES string of the molecule is CC(C)(C#N)Oc1cncc(F)c1. The Balaban J connectivity index is 2.82. The van der Waals surface area contributed by atoms with Gasteiger partial charge in [-0.2, -0.15) is 5.26 Å². The van der Waals surface area contributed by atoms with Gasteiger partial charge < -0.3 is 4.74 Å². The van der Waals surface area contributed by atoms with Gasteiger partial charge in [-0.15, -0.1) is 0 Å². The average Bonchev–Trinajstić information content (AvgIpc) is 2.03. The van der Waals surface area contributed by atoms with E-state index in [0.717, 1.165) is 6.20 Å². The van der Waals surface area contributed by atoms with E-state index in [1.165, 1.54) is 12.3 Å². The second-order valence-electron chi connectivity index (χ2n) is 3.06. The molecular formula is C9H9FN2O. The summed E-state index contributed by atoms with van der Waals surface area (Å²) >= 11 is 0. The highest BCUT2D eigenvalue weighted by Crippen LogP contribution is 2.16. The first-order valence-electron chi connectivity index (χ1n) is 3.74. The first kappa shape index (κ1) is 9.46. The topological polar surface area (TPSA) is 45.9 Å². The summed E-state index contributed by atoms with van der Waals surface area (Å²) in [6, 6.07) is 3.12. The molecule has 13 heavy (non-hydrogen) atoms. The van der Waals surface area contributed by atoms with Crippen molar-refractivity contribution >= 4 is 0 Å². The van der Waals surface area contributed by atoms with Crippen LogP contribution in [0, 0.1) is 17.1 Å². The molecule has 0 aliphatic rings. The molecule has 68 valence electrons. The Morgan fingerprint density at radius 2 is 2.23 bits per heavy atom. The first-order valence-corrected chi connectivity index (χ1v) is 3.74. The number of aromatic nitrogens is 1. The maximum Gasteiger partial charge on any atom is 0.188 e. The van der Waals surface area contributed by atoms with Gasteiger partial charge in [-0.05, 0) is 13.8 Å². The second-order valence-corrected chi connectivity index (χ2v) is 3.06. The third-order valence-electron chi connectivity index (χ3n) is 1.32. The van der Waals surface area contributed by atoms with Gasteiger partial charge in [0.25, 0.3) is 0 Å². The lowest BCUT2D eigenvalue weighted by Gasteiger charge is -2.17. The van der Waals surface area contributed by atoms with E-state index in [2.05, 4.69) is 4.98 Å². The van der Waals surface area contributed by atoms with Gasteiger partial charge in [0.15, 0.2) is 5.60 Å². The van der Waals surface area contributed by atoms with Crippen molar-refractivity contribution in [3.05, 3.63) is 24.3 Å². The fourth-order valence-corrected chi connectivity index (χ4v) is 0.766. The van der Waals surface area contributed by atoms with Gasteiger partial charge in [0.2, 0.25) is 0 Å². The van der Waals surface area contributed by atoms with E-state index in [4.69, 9.17) is 10.00 Å². The van der Waals surface area contributed by atoms with Crippen molar-refractivity contribution in [1.29, 1.82) is 5.26 Å². The highest BCUT2D eigenvalue weighted by atomic mass is 19.1. The number of nitrogens with zero attached hydrogens (tertiary/aromatic N) is 2. The summed E-state index contributed by atoms with van der Waals surface area (Å²) in [6.07, 6.45) is 2.44. The summed E-state index contributed by atoms with van der Waals surface area (Å²) in [5.41, 5.74) is -0.963. The lowest BCUT2D eigenvalue weighted by Crippen LogP contribution is -2.25. The van der Waals surface area contributed by atoms with E-state index in [9.17, 15) is 4.39 Å². The molecule has 0 spiro atoms. The zero-order chi connectivity index (χ0) is 9.90. The Morgan fingerprint density at radius 3 is 2.77 bits per heavy atom. The smallest absolute Gasteiger partial charge is 0.188 e. The molecule has 0 atom stereocenters. The monoisotopic (exact) mass is 180 g/mol. The Kier molecular flexibility index (Phi) is 2.47. The number of nitriles is 1. The van der Waals surface area contributed by atoms with Gasteiger partial charge in [-0.1, -0.05) is 0 Å². The van der Waals surface area contributed by atoms with Gasteiger partial charge in [0.1, 0.15) is 17.6 Å². The second kappa shape index (κ2) is 3.40. The lowest BCUT2D eigenvalue weighted by atomic mass is 10.2. The number of halogens is 1. The standard InChI is InChI=1S/C9H9FN2O/c1-9(2,6-11)13-8-3-7(10)4-12-5-8/h3-5H,1-2H3. The van der Waals surface area contributed by atoms with Crippen molar-refractivity contribution in [1.82, 2.24) is 4.98 Å². The van der Waals surface area contributed by atoms with E-state index >= 15 is 0 Å². The van der Waals surface area contributed by atoms with Crippen LogP contribution in [0.5, 0.6) is 5.75 Å². The molecule has 3 nitrogen and oxygen atoms in total. The van der Waals surface area contributed by atoms with Crippen molar-refractivity contribution in [2.75, 3.05) is 0 Å². The molecule has 4 heteroatoms. The Bertz CT molecular complexity index is 344. The van der Waals surface area contributed by atoms with Crippen LogP contribution in [0.3, 0.4) is 0 Å². The predicted molar refractivity (Wildman–Crippen MR) is 44.5 cm³/mol. The summed E-state index contributed by atoms with van der Waals surface area (Å²) in [7, 11) is 0. The van der Waals surface area contributed by atoms with Crippen molar-refractivity contribution in [2.24, 2.45) is 0 Å². The van der Waals surface area contributed by atoms with Gasteiger partial charge in [0.05, 0.1) is 12.4 Å². The molecular weight excluding hydrogens is 171 g/mol. The molecule has 0 N–H and O–H groups in total. The molecule has 1 heterocycles. The van der Waals surface area contributed by atoms with Crippen LogP contribution in [-0.4, -0.2) is 10.6 Å². The molecule has 0 bridgehead atoms. The van der Waals surface area contributed by atoms with Crippen LogP contribution in [0.15, 0.2) is 18.5 Å². The predicted octanol–water partition coefficient (Wildman–Crippen LogP) is 1.90. The lowest BCUT2D eigenvalue weighted by molar-refractivity contribution is 0.168. The Hall–Kier alpha value is -1.63. The van der Waals surface area contributed by atoms with Crippen LogP contribution in [-0.2, 0) is 0 Å². The molecule has 0 aliphatic carbocycles. The summed E-state index contributed by atoms with van der Waals surface area (Å²) in [6.45, 7) is 3.19. The van der Waals surface area contributed by atoms with E-state index in [1.807, 2.05) is 6.07 Å². The minimum absolute atomic E-state index is 0.256. The van der Waals surface area contributed by atoms with Crippen molar-refractivity contribution < 1.29 is 9.13 Å². The van der Waals surface area contributed by atoms with Crippen LogP contribution in [0.25, 0.3) is 0 Å². The molecule has 0 aromatic carbocycles. The summed E-state index contributed by atoms with van der Waals surface area (Å²) in [5.74, 6) is -0.224. The molecule has 0 unspecified atom stereocenters. The summed E-state index contributed by atoms with van der Waals surface area (Å²) in [4.78, 5) is 3.59. The quantitative estimate of drug-likeness (QED) is 0.698. The van der Waals surface area contributed by atoms with Crippen molar-refractivity contribution in [3.8, 4) is 11.8 Å². The fourth-order valence-electron chi connectivity index (χ4n) is 0.766. The number of hydrogen-bond acceptors (Lipinski definition) is 3. The van der Waals surface area contributed by atoms with E-state index in [-0.39, 0.29) is 5.75 Å². The van der Waals surface area contributed by atoms with E-state index < -0.39 is 11.4 Å². The molecule has 1 aromatic rings. The minimum Gasteiger partial charge on any atom is -0.471 e. The van der Waals surface area contributed by atoms with E-state index in [1.54, 1.807) is 13.8 Å². The summed E-state index contributed by atoms with van der Waals surface area (Å²) < 4.78 is 17.8. The number of rotatable bonds is 2. The van der Waals surface area contributed by atoms with Crippen LogP contribution in [0.4, 0.5) is 4.39 Å². The minimum atomic E-state index is -0.963. The Labute approximate surface area is 75.8 Å². The molecule has 0 amide bonds. The maximum atomic E-state index is 12.6. The van der Waals surface area contributed by atoms with E-state index in [0.29, 0.717) is 0 Å². The molecule has 0 radical (unpaired) electrons. The van der Waals surface area contributed by atoms with Gasteiger partial charge >= 0.3 is 0 Å². The van der Waals surface area contributed by atoms with Crippen LogP contribution < -0.4 is 4.74 Å². The molecule has 0 fully saturated rings. The van der Waals surface area contributed by atoms with Gasteiger partial charge in [-0.25, -0.2) is 4.39 Å². The van der Waals surface area contributed by atoms with Crippen LogP contribution in [0.2, 0.25) is 0 Å². The van der Waals surface area contributed by atoms with Gasteiger partial charge in [-0.3, -0.25) is 4.98 Å². The molecule has 1 rings (SSSR count). The van der Waals surface area contributed by atoms with Gasteiger partial charge in [0, 0.05) is 6.07 Å². The first-order chi connectivity index (χ1) is 6.03. The maximum absolute atomic E-state index is 12.6. The zero-order valence-electron chi connectivity index (χ0n) is 7.41. The van der Waals surface area contributed by atoms with Crippen molar-refractivity contribution in [3.63, 3.8) is 0 Å². The van der Waals surface area contributed by atoms with Crippen LogP contribution >= 0.6 is 0 Å². The molecule has 0 aliphatic heterocycles. The third kappa shape index (κ3) is 2.71. The highest BCUT2D eigenvalue weighted by Gasteiger charge is 2.18. The molecule has 0 saturated carbocycles. The third-order valence-corrected chi connectivity index (χ3v) is 1.32. The van der Waals surface area contributed by atoms with Crippen molar-refractivity contribution in [2.45, 2.75) is 19.4 Å². The normalized spacial score (nSPS) is 10.6. The Morgan fingerprint density at radius 1 is 1.54 bits per heavy atom. The summed E-state index contributed by atoms with van der Waals surface area (Å²) in [5, 5.41) is 8.64. The molecule has 1 aromatic heterocycles. The number of ether oxygens (including phenoxy) is 1. The number of pyridine rings is 1. The largest absolute Gasteiger partial charge is 0.471 e. The zero-order valence-corrected chi connectivity index (χ0v) is 7.41. The highest BCUT2D eigenvalue weighted by molar-refractivity contribution is 5.19. The molecule has 0 saturated heterocycles. The number of hydrogen-bond donors (Lipinski definition) is 0. The average molecular weight is 180 g/mol. The fraction of sp³-hybridized carbons (Fsp3) is 0.333.